The number of carbonyl (C=O) groups excluding carboxylic acids is 1. The van der Waals surface area contributed by atoms with Gasteiger partial charge in [0, 0.05) is 23.5 Å². The Morgan fingerprint density at radius 3 is 2.40 bits per heavy atom. The van der Waals surface area contributed by atoms with Crippen LogP contribution in [0.1, 0.15) is 48.9 Å². The van der Waals surface area contributed by atoms with E-state index in [-0.39, 0.29) is 11.9 Å². The van der Waals surface area contributed by atoms with Gasteiger partial charge in [0.2, 0.25) is 5.95 Å². The molecule has 1 aliphatic rings. The number of halogens is 2. The van der Waals surface area contributed by atoms with Crippen molar-refractivity contribution in [3.63, 3.8) is 0 Å². The normalized spacial score (nSPS) is 15.4. The number of hydrogen-bond acceptors (Lipinski definition) is 4. The molecule has 3 rings (SSSR count). The van der Waals surface area contributed by atoms with Crippen LogP contribution in [-0.4, -0.2) is 21.9 Å². The van der Waals surface area contributed by atoms with Crippen molar-refractivity contribution in [2.75, 3.05) is 5.32 Å². The maximum absolute atomic E-state index is 12.3. The molecule has 0 atom stereocenters. The Labute approximate surface area is 157 Å². The first kappa shape index (κ1) is 18.0. The number of rotatable bonds is 4. The van der Waals surface area contributed by atoms with Gasteiger partial charge in [-0.1, -0.05) is 48.9 Å². The lowest BCUT2D eigenvalue weighted by molar-refractivity contribution is 0.0932. The summed E-state index contributed by atoms with van der Waals surface area (Å²) in [6, 6.07) is 5.34. The van der Waals surface area contributed by atoms with Crippen LogP contribution in [0.2, 0.25) is 10.0 Å². The molecule has 132 valence electrons. The van der Waals surface area contributed by atoms with Gasteiger partial charge in [0.1, 0.15) is 0 Å². The predicted molar refractivity (Wildman–Crippen MR) is 101 cm³/mol. The molecule has 1 aliphatic carbocycles. The summed E-state index contributed by atoms with van der Waals surface area (Å²) in [4.78, 5) is 20.7. The molecule has 2 aromatic rings. The summed E-state index contributed by atoms with van der Waals surface area (Å²) >= 11 is 12.1. The molecule has 1 aromatic heterocycles. The van der Waals surface area contributed by atoms with Gasteiger partial charge < -0.3 is 10.6 Å². The lowest BCUT2D eigenvalue weighted by Crippen LogP contribution is -2.34. The number of anilines is 2. The molecule has 0 spiro atoms. The van der Waals surface area contributed by atoms with E-state index in [1.165, 1.54) is 38.1 Å². The van der Waals surface area contributed by atoms with Gasteiger partial charge in [-0.2, -0.15) is 0 Å². The Morgan fingerprint density at radius 2 is 1.72 bits per heavy atom. The van der Waals surface area contributed by atoms with Gasteiger partial charge in [0.25, 0.3) is 5.91 Å². The number of hydrogen-bond donors (Lipinski definition) is 2. The molecule has 0 radical (unpaired) electrons. The van der Waals surface area contributed by atoms with E-state index in [0.29, 0.717) is 27.2 Å². The van der Waals surface area contributed by atoms with Gasteiger partial charge in [-0.3, -0.25) is 4.79 Å². The minimum absolute atomic E-state index is 0.126. The van der Waals surface area contributed by atoms with Crippen LogP contribution in [0.25, 0.3) is 0 Å². The number of benzene rings is 1. The van der Waals surface area contributed by atoms with Crippen molar-refractivity contribution in [3.05, 3.63) is 46.2 Å². The van der Waals surface area contributed by atoms with Crippen LogP contribution in [0.5, 0.6) is 0 Å². The smallest absolute Gasteiger partial charge is 0.254 e. The van der Waals surface area contributed by atoms with Crippen molar-refractivity contribution in [2.24, 2.45) is 0 Å². The second kappa shape index (κ2) is 8.50. The first-order chi connectivity index (χ1) is 12.1. The Balaban J connectivity index is 1.63. The van der Waals surface area contributed by atoms with Crippen LogP contribution in [-0.2, 0) is 0 Å². The van der Waals surface area contributed by atoms with Crippen LogP contribution >= 0.6 is 23.2 Å². The van der Waals surface area contributed by atoms with E-state index in [1.54, 1.807) is 18.2 Å². The van der Waals surface area contributed by atoms with E-state index in [9.17, 15) is 4.79 Å². The summed E-state index contributed by atoms with van der Waals surface area (Å²) < 4.78 is 0. The van der Waals surface area contributed by atoms with Gasteiger partial charge in [0.15, 0.2) is 0 Å². The summed E-state index contributed by atoms with van der Waals surface area (Å²) in [7, 11) is 0. The minimum Gasteiger partial charge on any atom is -0.349 e. The van der Waals surface area contributed by atoms with Crippen LogP contribution in [0, 0.1) is 0 Å². The summed E-state index contributed by atoms with van der Waals surface area (Å²) in [6.07, 6.45) is 9.96. The van der Waals surface area contributed by atoms with Crippen molar-refractivity contribution in [1.29, 1.82) is 0 Å². The molecule has 2 N–H and O–H groups in total. The number of nitrogens with one attached hydrogen (secondary N) is 2. The van der Waals surface area contributed by atoms with Crippen molar-refractivity contribution in [1.82, 2.24) is 15.3 Å². The van der Waals surface area contributed by atoms with E-state index < -0.39 is 0 Å². The van der Waals surface area contributed by atoms with Gasteiger partial charge >= 0.3 is 0 Å². The maximum atomic E-state index is 12.3. The molecule has 1 fully saturated rings. The zero-order valence-electron chi connectivity index (χ0n) is 13.8. The lowest BCUT2D eigenvalue weighted by atomic mass is 10.1. The first-order valence-electron chi connectivity index (χ1n) is 8.47. The highest BCUT2D eigenvalue weighted by molar-refractivity contribution is 6.35. The molecule has 0 aliphatic heterocycles. The average Bonchev–Trinajstić information content (AvgIpc) is 2.87. The molecule has 0 saturated heterocycles. The fourth-order valence-corrected chi connectivity index (χ4v) is 3.25. The summed E-state index contributed by atoms with van der Waals surface area (Å²) in [6.45, 7) is 0. The highest BCUT2D eigenvalue weighted by Gasteiger charge is 2.16. The quantitative estimate of drug-likeness (QED) is 0.736. The van der Waals surface area contributed by atoms with Crippen molar-refractivity contribution >= 4 is 40.7 Å². The lowest BCUT2D eigenvalue weighted by Gasteiger charge is -2.16. The summed E-state index contributed by atoms with van der Waals surface area (Å²) in [5.74, 6) is 0.231. The number of aromatic nitrogens is 2. The maximum Gasteiger partial charge on any atom is 0.254 e. The second-order valence-electron chi connectivity index (χ2n) is 6.21. The average molecular weight is 379 g/mol. The third-order valence-corrected chi connectivity index (χ3v) is 4.84. The Bertz CT molecular complexity index is 728. The Kier molecular flexibility index (Phi) is 6.10. The highest BCUT2D eigenvalue weighted by Crippen LogP contribution is 2.27. The molecule has 1 heterocycles. The SMILES string of the molecule is O=C(NC1CCCCCC1)c1cnc(Nc2cc(Cl)ccc2Cl)nc1. The zero-order chi connectivity index (χ0) is 17.6. The van der Waals surface area contributed by atoms with Crippen molar-refractivity contribution < 1.29 is 4.79 Å². The van der Waals surface area contributed by atoms with Crippen LogP contribution in [0.15, 0.2) is 30.6 Å². The fraction of sp³-hybridized carbons (Fsp3) is 0.389. The fourth-order valence-electron chi connectivity index (χ4n) is 2.92. The highest BCUT2D eigenvalue weighted by atomic mass is 35.5. The molecular weight excluding hydrogens is 359 g/mol. The third-order valence-electron chi connectivity index (χ3n) is 4.28. The Morgan fingerprint density at radius 1 is 1.04 bits per heavy atom. The number of carbonyl (C=O) groups is 1. The zero-order valence-corrected chi connectivity index (χ0v) is 15.3. The van der Waals surface area contributed by atoms with Gasteiger partial charge in [-0.15, -0.1) is 0 Å². The molecule has 0 bridgehead atoms. The molecule has 1 amide bonds. The first-order valence-corrected chi connectivity index (χ1v) is 9.22. The molecule has 1 saturated carbocycles. The topological polar surface area (TPSA) is 66.9 Å². The van der Waals surface area contributed by atoms with E-state index >= 15 is 0 Å². The van der Waals surface area contributed by atoms with Crippen molar-refractivity contribution in [2.45, 2.75) is 44.6 Å². The minimum atomic E-state index is -0.126. The second-order valence-corrected chi connectivity index (χ2v) is 7.05. The number of nitrogens with zero attached hydrogens (tertiary/aromatic N) is 2. The largest absolute Gasteiger partial charge is 0.349 e. The molecule has 25 heavy (non-hydrogen) atoms. The van der Waals surface area contributed by atoms with Gasteiger partial charge in [-0.25, -0.2) is 9.97 Å². The van der Waals surface area contributed by atoms with Crippen LogP contribution in [0.4, 0.5) is 11.6 Å². The monoisotopic (exact) mass is 378 g/mol. The molecule has 5 nitrogen and oxygen atoms in total. The third kappa shape index (κ3) is 5.06. The summed E-state index contributed by atoms with van der Waals surface area (Å²) in [5, 5.41) is 7.16. The van der Waals surface area contributed by atoms with Crippen LogP contribution < -0.4 is 10.6 Å². The number of amides is 1. The van der Waals surface area contributed by atoms with E-state index in [1.807, 2.05) is 0 Å². The molecule has 0 unspecified atom stereocenters. The van der Waals surface area contributed by atoms with E-state index in [4.69, 9.17) is 23.2 Å². The van der Waals surface area contributed by atoms with Gasteiger partial charge in [0.05, 0.1) is 16.3 Å². The van der Waals surface area contributed by atoms with Gasteiger partial charge in [-0.05, 0) is 31.0 Å². The van der Waals surface area contributed by atoms with Crippen molar-refractivity contribution in [3.8, 4) is 0 Å². The van der Waals surface area contributed by atoms with E-state index in [0.717, 1.165) is 12.8 Å². The predicted octanol–water partition coefficient (Wildman–Crippen LogP) is 4.98. The standard InChI is InChI=1S/C18H20Cl2N4O/c19-13-7-8-15(20)16(9-13)24-18-21-10-12(11-22-18)17(25)23-14-5-3-1-2-4-6-14/h7-11,14H,1-6H2,(H,23,25)(H,21,22,24). The molecular formula is C18H20Cl2N4O. The molecule has 7 heteroatoms. The molecule has 1 aromatic carbocycles. The van der Waals surface area contributed by atoms with Crippen LogP contribution in [0.3, 0.4) is 0 Å². The van der Waals surface area contributed by atoms with E-state index in [2.05, 4.69) is 20.6 Å². The summed E-state index contributed by atoms with van der Waals surface area (Å²) in [5.41, 5.74) is 1.07. The Hall–Kier alpha value is -1.85.